The van der Waals surface area contributed by atoms with Crippen molar-refractivity contribution in [1.82, 2.24) is 0 Å². The summed E-state index contributed by atoms with van der Waals surface area (Å²) in [5.74, 6) is -0.726. The molecule has 0 heterocycles. The highest BCUT2D eigenvalue weighted by Crippen LogP contribution is 2.31. The van der Waals surface area contributed by atoms with Crippen molar-refractivity contribution in [2.24, 2.45) is 5.73 Å². The van der Waals surface area contributed by atoms with E-state index in [1.165, 1.54) is 20.3 Å². The molecule has 0 saturated heterocycles. The van der Waals surface area contributed by atoms with Gasteiger partial charge in [-0.05, 0) is 48.4 Å². The van der Waals surface area contributed by atoms with Crippen LogP contribution in [0.4, 0.5) is 5.69 Å². The standard InChI is InChI=1S/C18H20N2O5/c1-10-6-12(17(19)21)8-13(7-10)20-16(18(22)23)11-4-5-14(24-2)15(9-11)25-3/h4-9,16,20H,1-3H3,(H2,19,21)(H,22,23). The van der Waals surface area contributed by atoms with Crippen LogP contribution in [0.25, 0.3) is 0 Å². The van der Waals surface area contributed by atoms with Gasteiger partial charge in [0.05, 0.1) is 14.2 Å². The fourth-order valence-electron chi connectivity index (χ4n) is 2.50. The second kappa shape index (κ2) is 7.57. The van der Waals surface area contributed by atoms with Crippen LogP contribution in [0.15, 0.2) is 36.4 Å². The van der Waals surface area contributed by atoms with Crippen LogP contribution >= 0.6 is 0 Å². The van der Waals surface area contributed by atoms with Gasteiger partial charge in [0.2, 0.25) is 5.91 Å². The third-order valence-electron chi connectivity index (χ3n) is 3.66. The van der Waals surface area contributed by atoms with Crippen LogP contribution in [0.2, 0.25) is 0 Å². The average molecular weight is 344 g/mol. The Morgan fingerprint density at radius 2 is 1.76 bits per heavy atom. The number of anilines is 1. The molecule has 2 aromatic carbocycles. The number of carbonyl (C=O) groups is 2. The monoisotopic (exact) mass is 344 g/mol. The van der Waals surface area contributed by atoms with Gasteiger partial charge >= 0.3 is 5.97 Å². The fourth-order valence-corrected chi connectivity index (χ4v) is 2.50. The lowest BCUT2D eigenvalue weighted by molar-refractivity contribution is -0.138. The Balaban J connectivity index is 2.40. The van der Waals surface area contributed by atoms with Crippen molar-refractivity contribution in [2.45, 2.75) is 13.0 Å². The molecule has 0 bridgehead atoms. The lowest BCUT2D eigenvalue weighted by Crippen LogP contribution is -2.21. The molecule has 0 spiro atoms. The maximum atomic E-state index is 11.7. The first kappa shape index (κ1) is 18.1. The number of carboxylic acid groups (broad SMARTS) is 1. The first-order valence-corrected chi connectivity index (χ1v) is 7.48. The van der Waals surface area contributed by atoms with Crippen molar-refractivity contribution in [3.05, 3.63) is 53.1 Å². The van der Waals surface area contributed by atoms with E-state index in [1.54, 1.807) is 37.3 Å². The van der Waals surface area contributed by atoms with Gasteiger partial charge in [0.15, 0.2) is 17.5 Å². The van der Waals surface area contributed by atoms with Crippen molar-refractivity contribution in [2.75, 3.05) is 19.5 Å². The number of amides is 1. The number of hydrogen-bond donors (Lipinski definition) is 3. The highest BCUT2D eigenvalue weighted by molar-refractivity contribution is 5.94. The van der Waals surface area contributed by atoms with Gasteiger partial charge in [0.1, 0.15) is 0 Å². The van der Waals surface area contributed by atoms with Gasteiger partial charge in [-0.1, -0.05) is 6.07 Å². The van der Waals surface area contributed by atoms with E-state index in [4.69, 9.17) is 15.2 Å². The van der Waals surface area contributed by atoms with Crippen LogP contribution in [-0.4, -0.2) is 31.2 Å². The quantitative estimate of drug-likeness (QED) is 0.711. The minimum atomic E-state index is -1.07. The molecule has 0 saturated carbocycles. The zero-order chi connectivity index (χ0) is 18.6. The first-order valence-electron chi connectivity index (χ1n) is 7.48. The van der Waals surface area contributed by atoms with Crippen LogP contribution in [0.5, 0.6) is 11.5 Å². The third kappa shape index (κ3) is 4.20. The number of carbonyl (C=O) groups excluding carboxylic acids is 1. The summed E-state index contributed by atoms with van der Waals surface area (Å²) in [6, 6.07) is 8.72. The lowest BCUT2D eigenvalue weighted by Gasteiger charge is -2.18. The number of nitrogens with one attached hydrogen (secondary N) is 1. The van der Waals surface area contributed by atoms with E-state index in [0.717, 1.165) is 5.56 Å². The van der Waals surface area contributed by atoms with E-state index in [9.17, 15) is 14.7 Å². The Morgan fingerprint density at radius 1 is 1.08 bits per heavy atom. The van der Waals surface area contributed by atoms with Gasteiger partial charge in [-0.2, -0.15) is 0 Å². The Kier molecular flexibility index (Phi) is 5.49. The number of aliphatic carboxylic acids is 1. The molecule has 0 fully saturated rings. The molecular formula is C18H20N2O5. The lowest BCUT2D eigenvalue weighted by atomic mass is 10.0. The number of nitrogens with two attached hydrogens (primary N) is 1. The second-order valence-corrected chi connectivity index (χ2v) is 5.48. The summed E-state index contributed by atoms with van der Waals surface area (Å²) < 4.78 is 10.4. The molecule has 0 aliphatic rings. The molecule has 7 nitrogen and oxygen atoms in total. The summed E-state index contributed by atoms with van der Waals surface area (Å²) in [6.07, 6.45) is 0. The van der Waals surface area contributed by atoms with E-state index >= 15 is 0 Å². The number of benzene rings is 2. The molecular weight excluding hydrogens is 324 g/mol. The zero-order valence-electron chi connectivity index (χ0n) is 14.2. The van der Waals surface area contributed by atoms with Crippen molar-refractivity contribution in [3.63, 3.8) is 0 Å². The molecule has 0 aliphatic heterocycles. The van der Waals surface area contributed by atoms with Gasteiger partial charge in [0, 0.05) is 11.3 Å². The third-order valence-corrected chi connectivity index (χ3v) is 3.66. The van der Waals surface area contributed by atoms with Gasteiger partial charge in [-0.15, -0.1) is 0 Å². The number of ether oxygens (including phenoxy) is 2. The number of carboxylic acids is 1. The highest BCUT2D eigenvalue weighted by Gasteiger charge is 2.22. The van der Waals surface area contributed by atoms with Gasteiger partial charge in [0.25, 0.3) is 0 Å². The van der Waals surface area contributed by atoms with Crippen LogP contribution in [0, 0.1) is 6.92 Å². The summed E-state index contributed by atoms with van der Waals surface area (Å²) in [5, 5.41) is 12.5. The molecule has 132 valence electrons. The first-order chi connectivity index (χ1) is 11.8. The van der Waals surface area contributed by atoms with Crippen molar-refractivity contribution in [1.29, 1.82) is 0 Å². The minimum absolute atomic E-state index is 0.305. The highest BCUT2D eigenvalue weighted by atomic mass is 16.5. The van der Waals surface area contributed by atoms with Crippen LogP contribution in [0.1, 0.15) is 27.5 Å². The molecule has 4 N–H and O–H groups in total. The summed E-state index contributed by atoms with van der Waals surface area (Å²) >= 11 is 0. The van der Waals surface area contributed by atoms with E-state index in [1.807, 2.05) is 0 Å². The topological polar surface area (TPSA) is 111 Å². The second-order valence-electron chi connectivity index (χ2n) is 5.48. The summed E-state index contributed by atoms with van der Waals surface area (Å²) in [4.78, 5) is 23.1. The molecule has 0 aliphatic carbocycles. The molecule has 1 unspecified atom stereocenters. The zero-order valence-corrected chi connectivity index (χ0v) is 14.2. The Morgan fingerprint density at radius 3 is 2.32 bits per heavy atom. The SMILES string of the molecule is COc1ccc(C(Nc2cc(C)cc(C(N)=O)c2)C(=O)O)cc1OC. The van der Waals surface area contributed by atoms with E-state index in [-0.39, 0.29) is 0 Å². The minimum Gasteiger partial charge on any atom is -0.493 e. The summed E-state index contributed by atoms with van der Waals surface area (Å²) in [6.45, 7) is 1.80. The van der Waals surface area contributed by atoms with Crippen LogP contribution in [-0.2, 0) is 4.79 Å². The van der Waals surface area contributed by atoms with Gasteiger partial charge in [-0.3, -0.25) is 4.79 Å². The maximum absolute atomic E-state index is 11.7. The fraction of sp³-hybridized carbons (Fsp3) is 0.222. The maximum Gasteiger partial charge on any atom is 0.330 e. The molecule has 2 rings (SSSR count). The van der Waals surface area contributed by atoms with Gasteiger partial charge in [-0.25, -0.2) is 4.79 Å². The number of rotatable bonds is 7. The van der Waals surface area contributed by atoms with Crippen molar-refractivity contribution in [3.8, 4) is 11.5 Å². The number of primary amides is 1. The Hall–Kier alpha value is -3.22. The molecule has 2 aromatic rings. The normalized spacial score (nSPS) is 11.5. The molecule has 25 heavy (non-hydrogen) atoms. The van der Waals surface area contributed by atoms with E-state index in [2.05, 4.69) is 5.32 Å². The van der Waals surface area contributed by atoms with Gasteiger partial charge < -0.3 is 25.6 Å². The smallest absolute Gasteiger partial charge is 0.330 e. The molecule has 1 atom stereocenters. The van der Waals surface area contributed by atoms with E-state index < -0.39 is 17.9 Å². The number of hydrogen-bond acceptors (Lipinski definition) is 5. The number of methoxy groups -OCH3 is 2. The molecule has 0 radical (unpaired) electrons. The molecule has 1 amide bonds. The molecule has 0 aromatic heterocycles. The van der Waals surface area contributed by atoms with Crippen LogP contribution < -0.4 is 20.5 Å². The Bertz CT molecular complexity index is 804. The number of aryl methyl sites for hydroxylation is 1. The summed E-state index contributed by atoms with van der Waals surface area (Å²) in [5.41, 5.74) is 7.36. The average Bonchev–Trinajstić information content (AvgIpc) is 2.58. The molecule has 7 heteroatoms. The summed E-state index contributed by atoms with van der Waals surface area (Å²) in [7, 11) is 2.98. The van der Waals surface area contributed by atoms with E-state index in [0.29, 0.717) is 28.3 Å². The predicted molar refractivity (Wildman–Crippen MR) is 93.2 cm³/mol. The predicted octanol–water partition coefficient (Wildman–Crippen LogP) is 2.35. The largest absolute Gasteiger partial charge is 0.493 e. The van der Waals surface area contributed by atoms with Crippen LogP contribution in [0.3, 0.4) is 0 Å². The van der Waals surface area contributed by atoms with Crippen molar-refractivity contribution < 1.29 is 24.2 Å². The van der Waals surface area contributed by atoms with Crippen molar-refractivity contribution >= 4 is 17.6 Å². The Labute approximate surface area is 145 Å².